The summed E-state index contributed by atoms with van der Waals surface area (Å²) in [6.07, 6.45) is 4.94. The minimum absolute atomic E-state index is 0.0745. The lowest BCUT2D eigenvalue weighted by atomic mass is 9.83. The molecule has 0 saturated heterocycles. The zero-order chi connectivity index (χ0) is 17.1. The van der Waals surface area contributed by atoms with Crippen LogP contribution in [0.3, 0.4) is 0 Å². The van der Waals surface area contributed by atoms with Crippen LogP contribution in [-0.2, 0) is 11.3 Å². The quantitative estimate of drug-likeness (QED) is 0.886. The van der Waals surface area contributed by atoms with Crippen LogP contribution in [0.25, 0.3) is 5.69 Å². The largest absolute Gasteiger partial charge is 0.391 e. The molecule has 0 radical (unpaired) electrons. The molecule has 24 heavy (non-hydrogen) atoms. The summed E-state index contributed by atoms with van der Waals surface area (Å²) < 4.78 is 1.80. The molecule has 3 atom stereocenters. The van der Waals surface area contributed by atoms with Crippen LogP contribution in [0.1, 0.15) is 24.8 Å². The Balaban J connectivity index is 1.65. The molecule has 128 valence electrons. The van der Waals surface area contributed by atoms with Gasteiger partial charge in [-0.05, 0) is 43.0 Å². The van der Waals surface area contributed by atoms with Crippen molar-refractivity contribution in [3.05, 3.63) is 48.3 Å². The molecular weight excluding hydrogens is 304 g/mol. The van der Waals surface area contributed by atoms with E-state index < -0.39 is 6.10 Å². The molecule has 3 rings (SSSR count). The molecule has 0 unspecified atom stereocenters. The minimum Gasteiger partial charge on any atom is -0.391 e. The van der Waals surface area contributed by atoms with Gasteiger partial charge in [0.15, 0.2) is 0 Å². The molecule has 0 aliphatic heterocycles. The van der Waals surface area contributed by atoms with Crippen molar-refractivity contribution in [3.63, 3.8) is 0 Å². The number of hydrogen-bond donors (Lipinski definition) is 2. The Labute approximate surface area is 141 Å². The summed E-state index contributed by atoms with van der Waals surface area (Å²) in [5.74, 6) is -0.0652. The van der Waals surface area contributed by atoms with Gasteiger partial charge in [-0.2, -0.15) is 5.10 Å². The standard InChI is InChI=1S/C18H24N4O2/c1-21(18(24)14-6-7-16(19)17(23)11-14)12-13-4-2-5-15(10-13)22-9-3-8-20-22/h2-5,8-10,14,16-17,23H,6-7,11-12,19H2,1H3/t14-,16+,17+/m0/s1. The predicted molar refractivity (Wildman–Crippen MR) is 91.4 cm³/mol. The Morgan fingerprint density at radius 3 is 2.96 bits per heavy atom. The molecule has 1 aromatic heterocycles. The number of aliphatic hydroxyl groups excluding tert-OH is 1. The summed E-state index contributed by atoms with van der Waals surface area (Å²) in [5, 5.41) is 14.1. The number of aromatic nitrogens is 2. The van der Waals surface area contributed by atoms with E-state index in [1.165, 1.54) is 0 Å². The second-order valence-electron chi connectivity index (χ2n) is 6.56. The maximum Gasteiger partial charge on any atom is 0.225 e. The van der Waals surface area contributed by atoms with E-state index in [1.54, 1.807) is 15.8 Å². The molecule has 0 bridgehead atoms. The first-order chi connectivity index (χ1) is 11.5. The molecule has 1 heterocycles. The average molecular weight is 328 g/mol. The molecular formula is C18H24N4O2. The van der Waals surface area contributed by atoms with Crippen molar-refractivity contribution in [1.82, 2.24) is 14.7 Å². The SMILES string of the molecule is CN(Cc1cccc(-n2cccn2)c1)C(=O)[C@H]1CC[C@@H](N)[C@H](O)C1. The van der Waals surface area contributed by atoms with E-state index in [4.69, 9.17) is 5.73 Å². The van der Waals surface area contributed by atoms with E-state index in [0.29, 0.717) is 19.4 Å². The third kappa shape index (κ3) is 3.66. The lowest BCUT2D eigenvalue weighted by Gasteiger charge is -2.32. The number of benzene rings is 1. The lowest BCUT2D eigenvalue weighted by molar-refractivity contribution is -0.137. The third-order valence-electron chi connectivity index (χ3n) is 4.69. The molecule has 1 aromatic carbocycles. The number of amides is 1. The van der Waals surface area contributed by atoms with E-state index in [-0.39, 0.29) is 17.9 Å². The minimum atomic E-state index is -0.579. The van der Waals surface area contributed by atoms with Crippen LogP contribution in [0.15, 0.2) is 42.7 Å². The molecule has 3 N–H and O–H groups in total. The van der Waals surface area contributed by atoms with E-state index in [0.717, 1.165) is 17.7 Å². The monoisotopic (exact) mass is 328 g/mol. The maximum atomic E-state index is 12.6. The Hall–Kier alpha value is -2.18. The van der Waals surface area contributed by atoms with Gasteiger partial charge in [-0.1, -0.05) is 12.1 Å². The summed E-state index contributed by atoms with van der Waals surface area (Å²) in [5.41, 5.74) is 7.84. The number of hydrogen-bond acceptors (Lipinski definition) is 4. The third-order valence-corrected chi connectivity index (χ3v) is 4.69. The van der Waals surface area contributed by atoms with E-state index in [2.05, 4.69) is 5.10 Å². The van der Waals surface area contributed by atoms with E-state index in [1.807, 2.05) is 43.6 Å². The summed E-state index contributed by atoms with van der Waals surface area (Å²) in [6, 6.07) is 9.66. The highest BCUT2D eigenvalue weighted by atomic mass is 16.3. The maximum absolute atomic E-state index is 12.6. The Bertz CT molecular complexity index is 686. The number of aliphatic hydroxyl groups is 1. The molecule has 1 fully saturated rings. The Morgan fingerprint density at radius 2 is 2.25 bits per heavy atom. The van der Waals surface area contributed by atoms with Crippen LogP contribution < -0.4 is 5.73 Å². The van der Waals surface area contributed by atoms with Gasteiger partial charge in [-0.3, -0.25) is 4.79 Å². The van der Waals surface area contributed by atoms with Gasteiger partial charge < -0.3 is 15.7 Å². The summed E-state index contributed by atoms with van der Waals surface area (Å²) in [7, 11) is 1.81. The van der Waals surface area contributed by atoms with Crippen LogP contribution in [0, 0.1) is 5.92 Å². The van der Waals surface area contributed by atoms with Crippen molar-refractivity contribution >= 4 is 5.91 Å². The molecule has 1 saturated carbocycles. The van der Waals surface area contributed by atoms with Gasteiger partial charge in [0.2, 0.25) is 5.91 Å². The fourth-order valence-electron chi connectivity index (χ4n) is 3.28. The van der Waals surface area contributed by atoms with Crippen LogP contribution >= 0.6 is 0 Å². The van der Waals surface area contributed by atoms with Crippen LogP contribution in [0.2, 0.25) is 0 Å². The number of nitrogens with two attached hydrogens (primary N) is 1. The van der Waals surface area contributed by atoms with Gasteiger partial charge in [-0.25, -0.2) is 4.68 Å². The first-order valence-corrected chi connectivity index (χ1v) is 8.32. The van der Waals surface area contributed by atoms with Gasteiger partial charge in [0.05, 0.1) is 11.8 Å². The topological polar surface area (TPSA) is 84.4 Å². The summed E-state index contributed by atoms with van der Waals surface area (Å²) >= 11 is 0. The van der Waals surface area contributed by atoms with Gasteiger partial charge in [0.1, 0.15) is 0 Å². The van der Waals surface area contributed by atoms with Crippen molar-refractivity contribution in [1.29, 1.82) is 0 Å². The van der Waals surface area contributed by atoms with Gasteiger partial charge in [0, 0.05) is 37.9 Å². The molecule has 6 nitrogen and oxygen atoms in total. The highest BCUT2D eigenvalue weighted by Crippen LogP contribution is 2.25. The van der Waals surface area contributed by atoms with Crippen LogP contribution in [-0.4, -0.2) is 44.9 Å². The average Bonchev–Trinajstić information content (AvgIpc) is 3.11. The molecule has 6 heteroatoms. The zero-order valence-electron chi connectivity index (χ0n) is 13.9. The summed E-state index contributed by atoms with van der Waals surface area (Å²) in [4.78, 5) is 14.4. The van der Waals surface area contributed by atoms with Gasteiger partial charge in [0.25, 0.3) is 0 Å². The normalized spacial score (nSPS) is 23.9. The van der Waals surface area contributed by atoms with Gasteiger partial charge in [-0.15, -0.1) is 0 Å². The number of carbonyl (C=O) groups is 1. The molecule has 1 amide bonds. The van der Waals surface area contributed by atoms with Crippen molar-refractivity contribution in [2.45, 2.75) is 38.0 Å². The Morgan fingerprint density at radius 1 is 1.42 bits per heavy atom. The number of rotatable bonds is 4. The second-order valence-corrected chi connectivity index (χ2v) is 6.56. The molecule has 0 spiro atoms. The van der Waals surface area contributed by atoms with Crippen molar-refractivity contribution < 1.29 is 9.90 Å². The Kier molecular flexibility index (Phi) is 4.97. The fourth-order valence-corrected chi connectivity index (χ4v) is 3.28. The van der Waals surface area contributed by atoms with Crippen molar-refractivity contribution in [3.8, 4) is 5.69 Å². The van der Waals surface area contributed by atoms with Crippen molar-refractivity contribution in [2.24, 2.45) is 11.7 Å². The number of carbonyl (C=O) groups excluding carboxylic acids is 1. The van der Waals surface area contributed by atoms with E-state index >= 15 is 0 Å². The van der Waals surface area contributed by atoms with Crippen LogP contribution in [0.4, 0.5) is 0 Å². The molecule has 1 aliphatic carbocycles. The first-order valence-electron chi connectivity index (χ1n) is 8.32. The number of nitrogens with zero attached hydrogens (tertiary/aromatic N) is 3. The second kappa shape index (κ2) is 7.15. The highest BCUT2D eigenvalue weighted by Gasteiger charge is 2.32. The zero-order valence-corrected chi connectivity index (χ0v) is 13.9. The fraction of sp³-hybridized carbons (Fsp3) is 0.444. The van der Waals surface area contributed by atoms with Crippen LogP contribution in [0.5, 0.6) is 0 Å². The molecule has 2 aromatic rings. The van der Waals surface area contributed by atoms with Gasteiger partial charge >= 0.3 is 0 Å². The molecule has 1 aliphatic rings. The van der Waals surface area contributed by atoms with E-state index in [9.17, 15) is 9.90 Å². The first kappa shape index (κ1) is 16.7. The smallest absolute Gasteiger partial charge is 0.225 e. The lowest BCUT2D eigenvalue weighted by Crippen LogP contribution is -2.44. The van der Waals surface area contributed by atoms with Crippen molar-refractivity contribution in [2.75, 3.05) is 7.05 Å². The highest BCUT2D eigenvalue weighted by molar-refractivity contribution is 5.78. The predicted octanol–water partition coefficient (Wildman–Crippen LogP) is 1.32. The summed E-state index contributed by atoms with van der Waals surface area (Å²) in [6.45, 7) is 0.534.